The van der Waals surface area contributed by atoms with Crippen molar-refractivity contribution in [3.63, 3.8) is 0 Å². The SMILES string of the molecule is CCOc1ccc(-c2cc(N(C(=O)c3nn(C)c4c3COc3ccccc3-4)C3C=CC(C)(C(=O)OC)C=C3)on2)cc1OCC. The summed E-state index contributed by atoms with van der Waals surface area (Å²) in [5, 5.41) is 8.97. The maximum absolute atomic E-state index is 14.5. The van der Waals surface area contributed by atoms with Crippen molar-refractivity contribution in [2.24, 2.45) is 12.5 Å². The summed E-state index contributed by atoms with van der Waals surface area (Å²) in [7, 11) is 3.15. The number of nitrogens with zero attached hydrogens (tertiary/aromatic N) is 4. The van der Waals surface area contributed by atoms with Crippen molar-refractivity contribution in [2.45, 2.75) is 33.4 Å². The van der Waals surface area contributed by atoms with Crippen molar-refractivity contribution in [1.29, 1.82) is 0 Å². The van der Waals surface area contributed by atoms with E-state index < -0.39 is 23.3 Å². The highest BCUT2D eigenvalue weighted by atomic mass is 16.5. The Morgan fingerprint density at radius 2 is 1.78 bits per heavy atom. The predicted octanol–water partition coefficient (Wildman–Crippen LogP) is 5.75. The van der Waals surface area contributed by atoms with Crippen molar-refractivity contribution in [2.75, 3.05) is 25.2 Å². The normalized spacial score (nSPS) is 18.0. The van der Waals surface area contributed by atoms with E-state index in [1.807, 2.05) is 56.3 Å². The molecule has 11 heteroatoms. The van der Waals surface area contributed by atoms with Crippen LogP contribution in [-0.4, -0.2) is 53.2 Å². The van der Waals surface area contributed by atoms with Crippen LogP contribution in [0.15, 0.2) is 77.4 Å². The lowest BCUT2D eigenvalue weighted by molar-refractivity contribution is -0.146. The molecule has 0 fully saturated rings. The lowest BCUT2D eigenvalue weighted by Crippen LogP contribution is -2.41. The van der Waals surface area contributed by atoms with Crippen LogP contribution in [0.4, 0.5) is 5.88 Å². The van der Waals surface area contributed by atoms with Gasteiger partial charge in [-0.3, -0.25) is 19.2 Å². The topological polar surface area (TPSA) is 118 Å². The summed E-state index contributed by atoms with van der Waals surface area (Å²) < 4.78 is 30.0. The van der Waals surface area contributed by atoms with Crippen LogP contribution >= 0.6 is 0 Å². The fourth-order valence-electron chi connectivity index (χ4n) is 5.62. The zero-order valence-electron chi connectivity index (χ0n) is 25.8. The maximum atomic E-state index is 14.5. The van der Waals surface area contributed by atoms with Gasteiger partial charge in [0.1, 0.15) is 23.5 Å². The van der Waals surface area contributed by atoms with Crippen molar-refractivity contribution in [3.05, 3.63) is 84.1 Å². The molecule has 0 radical (unpaired) electrons. The second-order valence-corrected chi connectivity index (χ2v) is 10.8. The van der Waals surface area contributed by atoms with Crippen LogP contribution in [0.3, 0.4) is 0 Å². The summed E-state index contributed by atoms with van der Waals surface area (Å²) >= 11 is 0. The van der Waals surface area contributed by atoms with E-state index in [4.69, 9.17) is 23.5 Å². The second kappa shape index (κ2) is 12.0. The molecule has 2 aliphatic rings. The van der Waals surface area contributed by atoms with Crippen LogP contribution in [0.25, 0.3) is 22.5 Å². The first-order valence-corrected chi connectivity index (χ1v) is 14.7. The molecule has 11 nitrogen and oxygen atoms in total. The Labute approximate surface area is 260 Å². The smallest absolute Gasteiger partial charge is 0.319 e. The zero-order valence-corrected chi connectivity index (χ0v) is 25.8. The van der Waals surface area contributed by atoms with Gasteiger partial charge in [-0.1, -0.05) is 41.6 Å². The molecule has 45 heavy (non-hydrogen) atoms. The third-order valence-corrected chi connectivity index (χ3v) is 7.86. The van der Waals surface area contributed by atoms with Crippen LogP contribution in [0, 0.1) is 5.41 Å². The van der Waals surface area contributed by atoms with E-state index >= 15 is 0 Å². The number of amides is 1. The number of hydrogen-bond acceptors (Lipinski definition) is 9. The zero-order chi connectivity index (χ0) is 31.7. The standard InChI is InChI=1S/C34H34N4O7/c1-6-42-27-13-12-21(18-28(27)43-7-2)25-19-29(45-36-25)38(22-14-16-34(3,17-15-22)33(40)41-5)32(39)30-24-20-44-26-11-9-8-10-23(26)31(24)37(4)35-30/h8-19,22H,6-7,20H2,1-5H3. The van der Waals surface area contributed by atoms with E-state index in [9.17, 15) is 9.59 Å². The van der Waals surface area contributed by atoms with E-state index in [-0.39, 0.29) is 18.2 Å². The van der Waals surface area contributed by atoms with Gasteiger partial charge in [-0.25, -0.2) is 0 Å². The number of hydrogen-bond donors (Lipinski definition) is 0. The lowest BCUT2D eigenvalue weighted by Gasteiger charge is -2.30. The molecule has 0 saturated heterocycles. The average molecular weight is 611 g/mol. The summed E-state index contributed by atoms with van der Waals surface area (Å²) in [6, 6.07) is 14.2. The molecule has 1 aliphatic heterocycles. The van der Waals surface area contributed by atoms with Gasteiger partial charge in [-0.05, 0) is 51.1 Å². The van der Waals surface area contributed by atoms with Gasteiger partial charge >= 0.3 is 5.97 Å². The van der Waals surface area contributed by atoms with Crippen molar-refractivity contribution >= 4 is 17.8 Å². The fraction of sp³-hybridized carbons (Fsp3) is 0.294. The Morgan fingerprint density at radius 3 is 2.51 bits per heavy atom. The number of aromatic nitrogens is 3. The summed E-state index contributed by atoms with van der Waals surface area (Å²) in [6.45, 7) is 6.69. The van der Waals surface area contributed by atoms with E-state index in [0.717, 1.165) is 22.6 Å². The number of methoxy groups -OCH3 is 1. The molecule has 0 bridgehead atoms. The van der Waals surface area contributed by atoms with E-state index in [2.05, 4.69) is 10.3 Å². The van der Waals surface area contributed by atoms with E-state index in [1.54, 1.807) is 49.0 Å². The molecule has 4 aromatic rings. The highest BCUT2D eigenvalue weighted by Crippen LogP contribution is 2.40. The van der Waals surface area contributed by atoms with Gasteiger partial charge in [0.15, 0.2) is 17.2 Å². The van der Waals surface area contributed by atoms with Crippen LogP contribution in [0.2, 0.25) is 0 Å². The molecule has 232 valence electrons. The number of carbonyl (C=O) groups excluding carboxylic acids is 2. The van der Waals surface area contributed by atoms with Crippen LogP contribution in [-0.2, 0) is 23.2 Å². The Hall–Kier alpha value is -5.32. The number of carbonyl (C=O) groups is 2. The molecule has 0 unspecified atom stereocenters. The third-order valence-electron chi connectivity index (χ3n) is 7.86. The number of rotatable bonds is 9. The van der Waals surface area contributed by atoms with Crippen molar-refractivity contribution < 1.29 is 33.1 Å². The number of aryl methyl sites for hydroxylation is 1. The number of anilines is 1. The molecule has 0 saturated carbocycles. The molecule has 1 aliphatic carbocycles. The molecule has 3 heterocycles. The molecule has 0 spiro atoms. The minimum absolute atomic E-state index is 0.180. The van der Waals surface area contributed by atoms with Crippen LogP contribution in [0.5, 0.6) is 17.2 Å². The molecule has 0 atom stereocenters. The lowest BCUT2D eigenvalue weighted by atomic mass is 9.85. The summed E-state index contributed by atoms with van der Waals surface area (Å²) in [5.74, 6) is 1.29. The van der Waals surface area contributed by atoms with Gasteiger partial charge < -0.3 is 23.5 Å². The van der Waals surface area contributed by atoms with Gasteiger partial charge in [-0.15, -0.1) is 0 Å². The first kappa shape index (κ1) is 29.7. The third kappa shape index (κ3) is 5.34. The molecule has 1 amide bonds. The van der Waals surface area contributed by atoms with E-state index in [0.29, 0.717) is 36.0 Å². The minimum atomic E-state index is -0.980. The van der Waals surface area contributed by atoms with Gasteiger partial charge in [0.2, 0.25) is 5.88 Å². The fourth-order valence-corrected chi connectivity index (χ4v) is 5.62. The van der Waals surface area contributed by atoms with Gasteiger partial charge in [0, 0.05) is 29.8 Å². The Balaban J connectivity index is 1.41. The highest BCUT2D eigenvalue weighted by molar-refractivity contribution is 6.07. The second-order valence-electron chi connectivity index (χ2n) is 10.8. The molecular formula is C34H34N4O7. The first-order chi connectivity index (χ1) is 21.8. The Morgan fingerprint density at radius 1 is 1.04 bits per heavy atom. The van der Waals surface area contributed by atoms with Gasteiger partial charge in [-0.2, -0.15) is 5.10 Å². The molecule has 2 aromatic carbocycles. The van der Waals surface area contributed by atoms with Crippen LogP contribution < -0.4 is 19.1 Å². The van der Waals surface area contributed by atoms with Crippen LogP contribution in [0.1, 0.15) is 36.8 Å². The number of para-hydroxylation sites is 1. The summed E-state index contributed by atoms with van der Waals surface area (Å²) in [5.41, 5.74) is 2.79. The van der Waals surface area contributed by atoms with E-state index in [1.165, 1.54) is 12.0 Å². The quantitative estimate of drug-likeness (QED) is 0.172. The largest absolute Gasteiger partial charge is 0.490 e. The predicted molar refractivity (Wildman–Crippen MR) is 166 cm³/mol. The van der Waals surface area contributed by atoms with Gasteiger partial charge in [0.05, 0.1) is 32.1 Å². The Bertz CT molecular complexity index is 1800. The molecule has 2 aromatic heterocycles. The highest BCUT2D eigenvalue weighted by Gasteiger charge is 2.38. The van der Waals surface area contributed by atoms with Gasteiger partial charge in [0.25, 0.3) is 5.91 Å². The summed E-state index contributed by atoms with van der Waals surface area (Å²) in [6.07, 6.45) is 6.97. The molecular weight excluding hydrogens is 576 g/mol. The van der Waals surface area contributed by atoms with Crippen molar-refractivity contribution in [1.82, 2.24) is 14.9 Å². The number of ether oxygens (including phenoxy) is 4. The summed E-state index contributed by atoms with van der Waals surface area (Å²) in [4.78, 5) is 28.5. The van der Waals surface area contributed by atoms with Crippen molar-refractivity contribution in [3.8, 4) is 39.8 Å². The first-order valence-electron chi connectivity index (χ1n) is 14.7. The number of fused-ring (bicyclic) bond motifs is 3. The molecule has 6 rings (SSSR count). The molecule has 0 N–H and O–H groups in total. The number of esters is 1. The monoisotopic (exact) mass is 610 g/mol. The minimum Gasteiger partial charge on any atom is -0.490 e. The maximum Gasteiger partial charge on any atom is 0.319 e. The Kier molecular flexibility index (Phi) is 7.92. The average Bonchev–Trinajstić information content (AvgIpc) is 3.68. The number of benzene rings is 2.